The number of benzene rings is 2. The largest absolute Gasteiger partial charge is 0.494 e. The molecule has 1 aliphatic rings. The fraction of sp³-hybridized carbons (Fsp3) is 0.464. The summed E-state index contributed by atoms with van der Waals surface area (Å²) >= 11 is 0. The van der Waals surface area contributed by atoms with Gasteiger partial charge in [0.15, 0.2) is 0 Å². The molecule has 2 aromatic carbocycles. The summed E-state index contributed by atoms with van der Waals surface area (Å²) in [4.78, 5) is 2.42. The third-order valence-electron chi connectivity index (χ3n) is 6.44. The molecular formula is C28H37N3O3. The molecule has 0 saturated carbocycles. The molecule has 0 unspecified atom stereocenters. The van der Waals surface area contributed by atoms with E-state index in [-0.39, 0.29) is 0 Å². The summed E-state index contributed by atoms with van der Waals surface area (Å²) in [5, 5.41) is 15.5. The van der Waals surface area contributed by atoms with Gasteiger partial charge in [-0.2, -0.15) is 5.10 Å². The van der Waals surface area contributed by atoms with Crippen molar-refractivity contribution in [2.24, 2.45) is 0 Å². The number of rotatable bonds is 10. The van der Waals surface area contributed by atoms with Crippen LogP contribution in [0.15, 0.2) is 60.8 Å². The Labute approximate surface area is 203 Å². The highest BCUT2D eigenvalue weighted by Gasteiger charge is 2.31. The predicted octanol–water partition coefficient (Wildman–Crippen LogP) is 4.77. The molecule has 4 rings (SSSR count). The summed E-state index contributed by atoms with van der Waals surface area (Å²) in [5.74, 6) is 1.72. The first kappa shape index (κ1) is 24.3. The first-order valence-corrected chi connectivity index (χ1v) is 12.3. The molecule has 0 bridgehead atoms. The Hall–Kier alpha value is -2.83. The highest BCUT2D eigenvalue weighted by molar-refractivity contribution is 5.27. The second-order valence-electron chi connectivity index (χ2n) is 9.52. The summed E-state index contributed by atoms with van der Waals surface area (Å²) in [6, 6.07) is 18.4. The van der Waals surface area contributed by atoms with Crippen molar-refractivity contribution in [3.05, 3.63) is 77.6 Å². The molecule has 1 atom stereocenters. The van der Waals surface area contributed by atoms with Crippen LogP contribution in [0, 0.1) is 13.8 Å². The average Bonchev–Trinajstić information content (AvgIpc) is 3.16. The van der Waals surface area contributed by atoms with Crippen molar-refractivity contribution in [2.75, 3.05) is 26.3 Å². The van der Waals surface area contributed by atoms with Crippen LogP contribution in [-0.4, -0.2) is 51.7 Å². The number of likely N-dealkylation sites (tertiary alicyclic amines) is 1. The Morgan fingerprint density at radius 2 is 1.65 bits per heavy atom. The van der Waals surface area contributed by atoms with Gasteiger partial charge in [-0.1, -0.05) is 29.8 Å². The Morgan fingerprint density at radius 1 is 0.912 bits per heavy atom. The maximum Gasteiger partial charge on any atom is 0.119 e. The van der Waals surface area contributed by atoms with Crippen LogP contribution in [0.5, 0.6) is 11.5 Å². The van der Waals surface area contributed by atoms with E-state index in [0.29, 0.717) is 13.2 Å². The molecule has 34 heavy (non-hydrogen) atoms. The van der Waals surface area contributed by atoms with E-state index in [1.165, 1.54) is 11.1 Å². The lowest BCUT2D eigenvalue weighted by molar-refractivity contribution is -0.0168. The van der Waals surface area contributed by atoms with Crippen LogP contribution in [-0.2, 0) is 13.1 Å². The topological polar surface area (TPSA) is 59.8 Å². The molecule has 182 valence electrons. The van der Waals surface area contributed by atoms with Crippen molar-refractivity contribution in [3.8, 4) is 11.5 Å². The normalized spacial score (nSPS) is 19.0. The maximum atomic E-state index is 11.1. The minimum Gasteiger partial charge on any atom is -0.494 e. The van der Waals surface area contributed by atoms with Crippen LogP contribution in [0.25, 0.3) is 0 Å². The SMILES string of the molecule is Cc1ccc(OC[C@@]2(O)CCCN(Cc3ccc(OCCCn4ccc(C)n4)cc3)CC2)cc1. The summed E-state index contributed by atoms with van der Waals surface area (Å²) in [7, 11) is 0. The van der Waals surface area contributed by atoms with E-state index in [4.69, 9.17) is 9.47 Å². The Morgan fingerprint density at radius 3 is 2.38 bits per heavy atom. The minimum absolute atomic E-state index is 0.343. The van der Waals surface area contributed by atoms with E-state index in [1.54, 1.807) is 0 Å². The number of hydrogen-bond acceptors (Lipinski definition) is 5. The number of aliphatic hydroxyl groups is 1. The standard InChI is InChI=1S/C28H37N3O3/c1-23-5-9-27(10-6-23)34-22-28(32)14-3-16-30(19-15-28)21-25-7-11-26(12-8-25)33-20-4-17-31-18-13-24(2)29-31/h5-13,18,32H,3-4,14-17,19-22H2,1-2H3/t28-/m1/s1. The summed E-state index contributed by atoms with van der Waals surface area (Å²) in [5.41, 5.74) is 2.74. The third-order valence-corrected chi connectivity index (χ3v) is 6.44. The van der Waals surface area contributed by atoms with E-state index >= 15 is 0 Å². The van der Waals surface area contributed by atoms with Gasteiger partial charge in [0.05, 0.1) is 17.9 Å². The molecule has 0 radical (unpaired) electrons. The molecule has 1 aliphatic heterocycles. The van der Waals surface area contributed by atoms with Crippen molar-refractivity contribution < 1.29 is 14.6 Å². The van der Waals surface area contributed by atoms with E-state index in [9.17, 15) is 5.11 Å². The quantitative estimate of drug-likeness (QED) is 0.439. The number of aryl methyl sites for hydroxylation is 3. The first-order chi connectivity index (χ1) is 16.5. The molecule has 6 heteroatoms. The molecule has 0 aliphatic carbocycles. The van der Waals surface area contributed by atoms with Crippen molar-refractivity contribution in [3.63, 3.8) is 0 Å². The fourth-order valence-electron chi connectivity index (χ4n) is 4.34. The highest BCUT2D eigenvalue weighted by atomic mass is 16.5. The molecule has 2 heterocycles. The van der Waals surface area contributed by atoms with Gasteiger partial charge in [-0.15, -0.1) is 0 Å². The van der Waals surface area contributed by atoms with Crippen LogP contribution < -0.4 is 9.47 Å². The summed E-state index contributed by atoms with van der Waals surface area (Å²) in [6.45, 7) is 8.67. The molecule has 6 nitrogen and oxygen atoms in total. The lowest BCUT2D eigenvalue weighted by Gasteiger charge is -2.27. The van der Waals surface area contributed by atoms with Gasteiger partial charge in [0.25, 0.3) is 0 Å². The predicted molar refractivity (Wildman–Crippen MR) is 134 cm³/mol. The molecule has 1 fully saturated rings. The van der Waals surface area contributed by atoms with Gasteiger partial charge in [0.2, 0.25) is 0 Å². The van der Waals surface area contributed by atoms with Crippen LogP contribution >= 0.6 is 0 Å². The van der Waals surface area contributed by atoms with Crippen LogP contribution in [0.3, 0.4) is 0 Å². The number of aromatic nitrogens is 2. The van der Waals surface area contributed by atoms with Crippen molar-refractivity contribution in [1.29, 1.82) is 0 Å². The van der Waals surface area contributed by atoms with E-state index in [1.807, 2.05) is 48.1 Å². The highest BCUT2D eigenvalue weighted by Crippen LogP contribution is 2.25. The molecule has 0 spiro atoms. The van der Waals surface area contributed by atoms with Gasteiger partial charge in [0, 0.05) is 32.3 Å². The molecular weight excluding hydrogens is 426 g/mol. The van der Waals surface area contributed by atoms with E-state index in [2.05, 4.69) is 41.2 Å². The summed E-state index contributed by atoms with van der Waals surface area (Å²) in [6.07, 6.45) is 5.37. The molecule has 1 saturated heterocycles. The molecule has 3 aromatic rings. The number of hydrogen-bond donors (Lipinski definition) is 1. The van der Waals surface area contributed by atoms with Gasteiger partial charge in [-0.3, -0.25) is 9.58 Å². The zero-order valence-corrected chi connectivity index (χ0v) is 20.4. The van der Waals surface area contributed by atoms with Gasteiger partial charge < -0.3 is 14.6 Å². The lowest BCUT2D eigenvalue weighted by atomic mass is 9.96. The van der Waals surface area contributed by atoms with Crippen LogP contribution in [0.2, 0.25) is 0 Å². The van der Waals surface area contributed by atoms with Gasteiger partial charge in [-0.25, -0.2) is 0 Å². The zero-order valence-electron chi connectivity index (χ0n) is 20.4. The molecule has 0 amide bonds. The second kappa shape index (κ2) is 11.5. The van der Waals surface area contributed by atoms with Crippen molar-refractivity contribution in [1.82, 2.24) is 14.7 Å². The zero-order chi connectivity index (χ0) is 23.8. The van der Waals surface area contributed by atoms with Gasteiger partial charge in [-0.05, 0) is 75.5 Å². The van der Waals surface area contributed by atoms with E-state index < -0.39 is 5.60 Å². The third kappa shape index (κ3) is 7.34. The van der Waals surface area contributed by atoms with Gasteiger partial charge in [0.1, 0.15) is 18.1 Å². The Kier molecular flexibility index (Phi) is 8.25. The van der Waals surface area contributed by atoms with Crippen molar-refractivity contribution in [2.45, 2.75) is 58.2 Å². The second-order valence-corrected chi connectivity index (χ2v) is 9.52. The van der Waals surface area contributed by atoms with Gasteiger partial charge >= 0.3 is 0 Å². The Balaban J connectivity index is 1.19. The fourth-order valence-corrected chi connectivity index (χ4v) is 4.34. The first-order valence-electron chi connectivity index (χ1n) is 12.3. The van der Waals surface area contributed by atoms with E-state index in [0.717, 1.165) is 69.1 Å². The lowest BCUT2D eigenvalue weighted by Crippen LogP contribution is -2.37. The van der Waals surface area contributed by atoms with Crippen molar-refractivity contribution >= 4 is 0 Å². The minimum atomic E-state index is -0.772. The monoisotopic (exact) mass is 463 g/mol. The summed E-state index contributed by atoms with van der Waals surface area (Å²) < 4.78 is 13.8. The number of nitrogens with zero attached hydrogens (tertiary/aromatic N) is 3. The maximum absolute atomic E-state index is 11.1. The number of ether oxygens (including phenoxy) is 2. The van der Waals surface area contributed by atoms with Crippen LogP contribution in [0.4, 0.5) is 0 Å². The smallest absolute Gasteiger partial charge is 0.119 e. The average molecular weight is 464 g/mol. The molecule has 1 aromatic heterocycles. The van der Waals surface area contributed by atoms with Crippen LogP contribution in [0.1, 0.15) is 42.5 Å². The Bertz CT molecular complexity index is 1020. The molecule has 1 N–H and O–H groups in total.